The topological polar surface area (TPSA) is 135 Å². The average molecular weight is 692 g/mol. The first-order valence-electron chi connectivity index (χ1n) is 12.6. The molecule has 2 aromatic carbocycles. The van der Waals surface area contributed by atoms with Gasteiger partial charge in [-0.15, -0.1) is 11.8 Å². The lowest BCUT2D eigenvalue weighted by molar-refractivity contribution is -0.145. The summed E-state index contributed by atoms with van der Waals surface area (Å²) in [7, 11) is -3.33. The van der Waals surface area contributed by atoms with Crippen molar-refractivity contribution in [2.75, 3.05) is 24.1 Å². The molecule has 2 amide bonds. The van der Waals surface area contributed by atoms with Crippen LogP contribution in [0.3, 0.4) is 0 Å². The molecule has 17 heteroatoms. The van der Waals surface area contributed by atoms with E-state index < -0.39 is 56.7 Å². The van der Waals surface area contributed by atoms with Gasteiger partial charge < -0.3 is 15.4 Å². The van der Waals surface area contributed by atoms with E-state index in [1.807, 2.05) is 0 Å². The Kier molecular flexibility index (Phi) is 10.5. The van der Waals surface area contributed by atoms with Crippen LogP contribution in [0, 0.1) is 0 Å². The zero-order valence-corrected chi connectivity index (χ0v) is 25.7. The van der Waals surface area contributed by atoms with Crippen molar-refractivity contribution >= 4 is 68.5 Å². The monoisotopic (exact) mass is 690 g/mol. The first kappa shape index (κ1) is 33.5. The van der Waals surface area contributed by atoms with Gasteiger partial charge in [0.2, 0.25) is 5.91 Å². The normalized spacial score (nSPS) is 16.3. The summed E-state index contributed by atoms with van der Waals surface area (Å²) in [5.41, 5.74) is -0.0609. The molecule has 44 heavy (non-hydrogen) atoms. The lowest BCUT2D eigenvalue weighted by atomic mass is 10.0. The van der Waals surface area contributed by atoms with Gasteiger partial charge in [-0.1, -0.05) is 41.4 Å². The van der Waals surface area contributed by atoms with Gasteiger partial charge in [-0.3, -0.25) is 9.59 Å². The van der Waals surface area contributed by atoms with Crippen LogP contribution in [0.5, 0.6) is 0 Å². The molecule has 10 nitrogen and oxygen atoms in total. The van der Waals surface area contributed by atoms with Crippen molar-refractivity contribution in [2.24, 2.45) is 0 Å². The molecule has 2 N–H and O–H groups in total. The van der Waals surface area contributed by atoms with Gasteiger partial charge in [0.05, 0.1) is 34.2 Å². The van der Waals surface area contributed by atoms with E-state index in [0.29, 0.717) is 23.5 Å². The molecule has 1 aromatic heterocycles. The second-order valence-corrected chi connectivity index (χ2v) is 13.0. The molecule has 0 spiro atoms. The predicted octanol–water partition coefficient (Wildman–Crippen LogP) is 4.62. The number of sulfonamides is 1. The number of methoxy groups -OCH3 is 1. The lowest BCUT2D eigenvalue weighted by Crippen LogP contribution is -2.52. The van der Waals surface area contributed by atoms with Gasteiger partial charge in [-0.05, 0) is 42.0 Å². The number of benzene rings is 2. The highest BCUT2D eigenvalue weighted by molar-refractivity contribution is 8.00. The smallest absolute Gasteiger partial charge is 0.417 e. The summed E-state index contributed by atoms with van der Waals surface area (Å²) < 4.78 is 70.7. The number of hydrogen-bond acceptors (Lipinski definition) is 8. The Morgan fingerprint density at radius 1 is 1.09 bits per heavy atom. The van der Waals surface area contributed by atoms with Gasteiger partial charge in [0.15, 0.2) is 5.03 Å². The molecule has 4 rings (SSSR count). The van der Waals surface area contributed by atoms with Crippen LogP contribution in [0.15, 0.2) is 65.8 Å². The standard InChI is InChI=1S/C27H23Cl2F3N4O6S2/c1-42-26(39)20(11-15-5-8-17(9-6-15)34-25(38)23-18(28)3-2-4-19(23)29)35-24(37)21-13-43-14-36(21)44(40,41)22-10-7-16(12-33-22)27(30,31)32/h2-10,12,20-21H,11,13-14H2,1H3,(H,34,38)(H,35,37). The number of thioether (sulfide) groups is 1. The average Bonchev–Trinajstić information content (AvgIpc) is 3.48. The fourth-order valence-electron chi connectivity index (χ4n) is 4.16. The number of amides is 2. The Morgan fingerprint density at radius 3 is 2.32 bits per heavy atom. The van der Waals surface area contributed by atoms with E-state index in [-0.39, 0.29) is 33.7 Å². The molecule has 0 bridgehead atoms. The van der Waals surface area contributed by atoms with Crippen molar-refractivity contribution < 1.29 is 40.7 Å². The van der Waals surface area contributed by atoms with E-state index in [2.05, 4.69) is 15.6 Å². The fraction of sp³-hybridized carbons (Fsp3) is 0.259. The van der Waals surface area contributed by atoms with Gasteiger partial charge in [-0.2, -0.15) is 17.5 Å². The number of pyridine rings is 1. The van der Waals surface area contributed by atoms with Crippen molar-refractivity contribution in [1.82, 2.24) is 14.6 Å². The third kappa shape index (κ3) is 7.64. The van der Waals surface area contributed by atoms with Crippen molar-refractivity contribution in [3.8, 4) is 0 Å². The van der Waals surface area contributed by atoms with Crippen LogP contribution < -0.4 is 10.6 Å². The number of esters is 1. The molecular weight excluding hydrogens is 668 g/mol. The van der Waals surface area contributed by atoms with Gasteiger partial charge in [0.1, 0.15) is 12.1 Å². The minimum absolute atomic E-state index is 0.0312. The van der Waals surface area contributed by atoms with E-state index in [1.54, 1.807) is 30.3 Å². The number of alkyl halides is 3. The van der Waals surface area contributed by atoms with Crippen molar-refractivity contribution in [3.63, 3.8) is 0 Å². The molecule has 1 aliphatic heterocycles. The molecule has 3 aromatic rings. The molecule has 0 aliphatic carbocycles. The van der Waals surface area contributed by atoms with E-state index in [4.69, 9.17) is 27.9 Å². The first-order valence-corrected chi connectivity index (χ1v) is 15.9. The summed E-state index contributed by atoms with van der Waals surface area (Å²) in [5, 5.41) is 4.88. The van der Waals surface area contributed by atoms with Crippen LogP contribution in [-0.2, 0) is 36.9 Å². The van der Waals surface area contributed by atoms with Crippen LogP contribution in [0.4, 0.5) is 18.9 Å². The van der Waals surface area contributed by atoms with E-state index in [9.17, 15) is 36.0 Å². The van der Waals surface area contributed by atoms with Gasteiger partial charge >= 0.3 is 12.1 Å². The summed E-state index contributed by atoms with van der Waals surface area (Å²) in [4.78, 5) is 41.9. The number of hydrogen-bond donors (Lipinski definition) is 2. The Labute approximate surface area is 264 Å². The molecule has 1 fully saturated rings. The molecular formula is C27H23Cl2F3N4O6S2. The van der Waals surface area contributed by atoms with E-state index in [0.717, 1.165) is 29.2 Å². The summed E-state index contributed by atoms with van der Waals surface area (Å²) in [6.07, 6.45) is -4.35. The molecule has 0 radical (unpaired) electrons. The van der Waals surface area contributed by atoms with Crippen LogP contribution in [0.1, 0.15) is 21.5 Å². The highest BCUT2D eigenvalue weighted by Crippen LogP contribution is 2.31. The highest BCUT2D eigenvalue weighted by atomic mass is 35.5. The summed E-state index contributed by atoms with van der Waals surface area (Å²) in [6, 6.07) is 9.82. The number of rotatable bonds is 9. The minimum Gasteiger partial charge on any atom is -0.467 e. The molecule has 234 valence electrons. The molecule has 2 heterocycles. The molecule has 2 unspecified atom stereocenters. The Morgan fingerprint density at radius 2 is 1.75 bits per heavy atom. The predicted molar refractivity (Wildman–Crippen MR) is 158 cm³/mol. The van der Waals surface area contributed by atoms with Crippen LogP contribution in [0.25, 0.3) is 0 Å². The van der Waals surface area contributed by atoms with Crippen LogP contribution >= 0.6 is 35.0 Å². The fourth-order valence-corrected chi connectivity index (χ4v) is 7.80. The third-order valence-electron chi connectivity index (χ3n) is 6.42. The molecule has 1 saturated heterocycles. The number of halogens is 5. The Balaban J connectivity index is 1.45. The third-order valence-corrected chi connectivity index (χ3v) is 10.0. The maximum absolute atomic E-state index is 13.2. The Bertz CT molecular complexity index is 1640. The van der Waals surface area contributed by atoms with Crippen LogP contribution in [-0.4, -0.2) is 66.3 Å². The van der Waals surface area contributed by atoms with Crippen LogP contribution in [0.2, 0.25) is 10.0 Å². The van der Waals surface area contributed by atoms with Crippen molar-refractivity contribution in [1.29, 1.82) is 0 Å². The number of carbonyl (C=O) groups is 3. The van der Waals surface area contributed by atoms with Gasteiger partial charge in [0.25, 0.3) is 15.9 Å². The molecule has 2 atom stereocenters. The summed E-state index contributed by atoms with van der Waals surface area (Å²) in [6.45, 7) is 0. The minimum atomic E-state index is -4.71. The zero-order chi connectivity index (χ0) is 32.2. The van der Waals surface area contributed by atoms with Crippen molar-refractivity contribution in [3.05, 3.63) is 87.5 Å². The lowest BCUT2D eigenvalue weighted by Gasteiger charge is -2.24. The van der Waals surface area contributed by atoms with E-state index >= 15 is 0 Å². The van der Waals surface area contributed by atoms with Gasteiger partial charge in [0, 0.05) is 24.1 Å². The number of ether oxygens (including phenoxy) is 1. The molecule has 1 aliphatic rings. The number of aromatic nitrogens is 1. The number of anilines is 1. The zero-order valence-electron chi connectivity index (χ0n) is 22.6. The van der Waals surface area contributed by atoms with Gasteiger partial charge in [-0.25, -0.2) is 18.2 Å². The summed E-state index contributed by atoms with van der Waals surface area (Å²) in [5.74, 6) is -2.26. The highest BCUT2D eigenvalue weighted by Gasteiger charge is 2.42. The second-order valence-electron chi connectivity index (χ2n) is 9.33. The first-order chi connectivity index (χ1) is 20.7. The van der Waals surface area contributed by atoms with E-state index in [1.165, 1.54) is 12.1 Å². The Hall–Kier alpha value is -3.37. The largest absolute Gasteiger partial charge is 0.467 e. The SMILES string of the molecule is COC(=O)C(Cc1ccc(NC(=O)c2c(Cl)cccc2Cl)cc1)NC(=O)C1CSCN1S(=O)(=O)c1ccc(C(F)(F)F)cn1. The number of nitrogens with one attached hydrogen (secondary N) is 2. The van der Waals surface area contributed by atoms with Crippen molar-refractivity contribution in [2.45, 2.75) is 29.7 Å². The maximum atomic E-state index is 13.2. The second kappa shape index (κ2) is 13.7. The maximum Gasteiger partial charge on any atom is 0.417 e. The quantitative estimate of drug-likeness (QED) is 0.311. The number of nitrogens with zero attached hydrogens (tertiary/aromatic N) is 2. The molecule has 0 saturated carbocycles. The summed E-state index contributed by atoms with van der Waals surface area (Å²) >= 11 is 13.3. The number of carbonyl (C=O) groups excluding carboxylic acids is 3.